The molecule has 1 aliphatic rings. The number of aliphatic carboxylic acids is 1. The molecule has 16 heavy (non-hydrogen) atoms. The van der Waals surface area contributed by atoms with Crippen LogP contribution in [0.5, 0.6) is 0 Å². The first kappa shape index (κ1) is 12.7. The van der Waals surface area contributed by atoms with Gasteiger partial charge in [-0.15, -0.1) is 0 Å². The van der Waals surface area contributed by atoms with Crippen LogP contribution in [0.4, 0.5) is 0 Å². The lowest BCUT2D eigenvalue weighted by atomic mass is 10.1. The molecule has 0 aromatic rings. The fourth-order valence-corrected chi connectivity index (χ4v) is 1.97. The molecule has 1 amide bonds. The summed E-state index contributed by atoms with van der Waals surface area (Å²) in [6.07, 6.45) is 3.93. The number of likely N-dealkylation sites (tertiary alicyclic amines) is 1. The molecule has 1 unspecified atom stereocenters. The zero-order valence-corrected chi connectivity index (χ0v) is 9.74. The van der Waals surface area contributed by atoms with Crippen LogP contribution in [0, 0.1) is 0 Å². The molecule has 1 fully saturated rings. The van der Waals surface area contributed by atoms with Gasteiger partial charge in [-0.05, 0) is 25.7 Å². The van der Waals surface area contributed by atoms with Gasteiger partial charge in [0.15, 0.2) is 0 Å². The molecule has 1 saturated heterocycles. The fraction of sp³-hybridized carbons (Fsp3) is 0.667. The number of nitrogens with zero attached hydrogens (tertiary/aromatic N) is 1. The van der Waals surface area contributed by atoms with Gasteiger partial charge in [0, 0.05) is 12.1 Å². The van der Waals surface area contributed by atoms with Crippen LogP contribution in [0.3, 0.4) is 0 Å². The van der Waals surface area contributed by atoms with Crippen LogP contribution in [0.15, 0.2) is 12.2 Å². The summed E-state index contributed by atoms with van der Waals surface area (Å²) in [6, 6.07) is -0.647. The number of unbranched alkanes of at least 4 members (excludes halogenated alkanes) is 1. The summed E-state index contributed by atoms with van der Waals surface area (Å²) < 4.78 is 0. The first-order chi connectivity index (χ1) is 7.57. The maximum Gasteiger partial charge on any atom is 0.326 e. The number of rotatable bonds is 5. The molecule has 90 valence electrons. The lowest BCUT2D eigenvalue weighted by Gasteiger charge is -2.22. The van der Waals surface area contributed by atoms with Crippen molar-refractivity contribution in [2.45, 2.75) is 45.1 Å². The van der Waals surface area contributed by atoms with Crippen LogP contribution in [-0.2, 0) is 9.59 Å². The van der Waals surface area contributed by atoms with Gasteiger partial charge in [0.1, 0.15) is 6.04 Å². The number of hydrogen-bond donors (Lipinski definition) is 1. The minimum atomic E-state index is -0.908. The van der Waals surface area contributed by atoms with E-state index in [0.717, 1.165) is 19.3 Å². The smallest absolute Gasteiger partial charge is 0.326 e. The van der Waals surface area contributed by atoms with Crippen LogP contribution < -0.4 is 0 Å². The highest BCUT2D eigenvalue weighted by atomic mass is 16.4. The Morgan fingerprint density at radius 3 is 2.75 bits per heavy atom. The second-order valence-electron chi connectivity index (χ2n) is 4.20. The second-order valence-corrected chi connectivity index (χ2v) is 4.20. The summed E-state index contributed by atoms with van der Waals surface area (Å²) in [4.78, 5) is 24.3. The van der Waals surface area contributed by atoms with E-state index in [0.29, 0.717) is 25.0 Å². The van der Waals surface area contributed by atoms with Crippen molar-refractivity contribution in [3.8, 4) is 0 Å². The standard InChI is InChI=1S/C12H19NO3/c1-3-4-6-9(2)11(14)13-8-5-7-10(13)12(15)16/h10H,2-8H2,1H3,(H,15,16). The molecule has 1 heterocycles. The number of carbonyl (C=O) groups excluding carboxylic acids is 1. The molecule has 0 bridgehead atoms. The predicted octanol–water partition coefficient (Wildman–Crippen LogP) is 1.81. The van der Waals surface area contributed by atoms with Gasteiger partial charge in [0.05, 0.1) is 0 Å². The molecular weight excluding hydrogens is 206 g/mol. The number of carbonyl (C=O) groups is 2. The first-order valence-electron chi connectivity index (χ1n) is 5.79. The summed E-state index contributed by atoms with van der Waals surface area (Å²) in [5.41, 5.74) is 0.537. The minimum Gasteiger partial charge on any atom is -0.480 e. The third kappa shape index (κ3) is 2.84. The first-order valence-corrected chi connectivity index (χ1v) is 5.79. The highest BCUT2D eigenvalue weighted by molar-refractivity contribution is 5.95. The average molecular weight is 225 g/mol. The maximum absolute atomic E-state index is 11.9. The van der Waals surface area contributed by atoms with E-state index in [1.165, 1.54) is 4.90 Å². The topological polar surface area (TPSA) is 57.6 Å². The van der Waals surface area contributed by atoms with Crippen molar-refractivity contribution < 1.29 is 14.7 Å². The van der Waals surface area contributed by atoms with Crippen LogP contribution in [-0.4, -0.2) is 34.5 Å². The Balaban J connectivity index is 2.59. The van der Waals surface area contributed by atoms with Crippen molar-refractivity contribution in [3.63, 3.8) is 0 Å². The maximum atomic E-state index is 11.9. The summed E-state index contributed by atoms with van der Waals surface area (Å²) in [5.74, 6) is -1.09. The molecule has 0 radical (unpaired) electrons. The Hall–Kier alpha value is -1.32. The van der Waals surface area contributed by atoms with Gasteiger partial charge in [-0.2, -0.15) is 0 Å². The van der Waals surface area contributed by atoms with E-state index >= 15 is 0 Å². The molecule has 0 aromatic carbocycles. The SMILES string of the molecule is C=C(CCCC)C(=O)N1CCCC1C(=O)O. The average Bonchev–Trinajstić information content (AvgIpc) is 2.73. The van der Waals surface area contributed by atoms with E-state index in [1.54, 1.807) is 0 Å². The molecular formula is C12H19NO3. The Labute approximate surface area is 95.9 Å². The zero-order valence-electron chi connectivity index (χ0n) is 9.74. The largest absolute Gasteiger partial charge is 0.480 e. The lowest BCUT2D eigenvalue weighted by Crippen LogP contribution is -2.40. The molecule has 4 heteroatoms. The highest BCUT2D eigenvalue weighted by Crippen LogP contribution is 2.21. The van der Waals surface area contributed by atoms with Gasteiger partial charge in [0.2, 0.25) is 5.91 Å². The van der Waals surface area contributed by atoms with Gasteiger partial charge in [-0.1, -0.05) is 19.9 Å². The van der Waals surface area contributed by atoms with Crippen molar-refractivity contribution in [2.24, 2.45) is 0 Å². The van der Waals surface area contributed by atoms with Crippen LogP contribution in [0.1, 0.15) is 39.0 Å². The number of carboxylic acid groups (broad SMARTS) is 1. The van der Waals surface area contributed by atoms with Crippen LogP contribution >= 0.6 is 0 Å². The summed E-state index contributed by atoms with van der Waals surface area (Å²) in [6.45, 7) is 6.34. The van der Waals surface area contributed by atoms with E-state index in [1.807, 2.05) is 6.92 Å². The second kappa shape index (κ2) is 5.68. The monoisotopic (exact) mass is 225 g/mol. The molecule has 1 aliphatic heterocycles. The minimum absolute atomic E-state index is 0.182. The quantitative estimate of drug-likeness (QED) is 0.726. The van der Waals surface area contributed by atoms with Gasteiger partial charge < -0.3 is 10.0 Å². The molecule has 1 rings (SSSR count). The van der Waals surface area contributed by atoms with Crippen molar-refractivity contribution in [1.29, 1.82) is 0 Å². The molecule has 4 nitrogen and oxygen atoms in total. The highest BCUT2D eigenvalue weighted by Gasteiger charge is 2.34. The predicted molar refractivity (Wildman–Crippen MR) is 61.0 cm³/mol. The third-order valence-corrected chi connectivity index (χ3v) is 2.93. The Morgan fingerprint density at radius 1 is 1.50 bits per heavy atom. The lowest BCUT2D eigenvalue weighted by molar-refractivity contribution is -0.146. The van der Waals surface area contributed by atoms with Gasteiger partial charge in [-0.25, -0.2) is 4.79 Å². The van der Waals surface area contributed by atoms with Gasteiger partial charge >= 0.3 is 5.97 Å². The molecule has 1 atom stereocenters. The van der Waals surface area contributed by atoms with Crippen molar-refractivity contribution in [1.82, 2.24) is 4.90 Å². The molecule has 0 aromatic heterocycles. The Morgan fingerprint density at radius 2 is 2.19 bits per heavy atom. The number of carboxylic acids is 1. The van der Waals surface area contributed by atoms with Gasteiger partial charge in [0.25, 0.3) is 0 Å². The Kier molecular flexibility index (Phi) is 4.52. The summed E-state index contributed by atoms with van der Waals surface area (Å²) in [5, 5.41) is 8.97. The summed E-state index contributed by atoms with van der Waals surface area (Å²) >= 11 is 0. The normalized spacial score (nSPS) is 19.8. The van der Waals surface area contributed by atoms with Crippen molar-refractivity contribution in [2.75, 3.05) is 6.54 Å². The molecule has 0 saturated carbocycles. The van der Waals surface area contributed by atoms with Gasteiger partial charge in [-0.3, -0.25) is 4.79 Å². The Bertz CT molecular complexity index is 299. The van der Waals surface area contributed by atoms with E-state index in [2.05, 4.69) is 6.58 Å². The van der Waals surface area contributed by atoms with Crippen LogP contribution in [0.2, 0.25) is 0 Å². The van der Waals surface area contributed by atoms with E-state index in [-0.39, 0.29) is 5.91 Å². The van der Waals surface area contributed by atoms with Crippen LogP contribution in [0.25, 0.3) is 0 Å². The summed E-state index contributed by atoms with van der Waals surface area (Å²) in [7, 11) is 0. The van der Waals surface area contributed by atoms with E-state index in [9.17, 15) is 9.59 Å². The molecule has 1 N–H and O–H groups in total. The third-order valence-electron chi connectivity index (χ3n) is 2.93. The molecule has 0 spiro atoms. The zero-order chi connectivity index (χ0) is 12.1. The van der Waals surface area contributed by atoms with Crippen molar-refractivity contribution in [3.05, 3.63) is 12.2 Å². The molecule has 0 aliphatic carbocycles. The van der Waals surface area contributed by atoms with Crippen molar-refractivity contribution >= 4 is 11.9 Å². The fourth-order valence-electron chi connectivity index (χ4n) is 1.97. The van der Waals surface area contributed by atoms with E-state index < -0.39 is 12.0 Å². The number of amides is 1. The number of hydrogen-bond acceptors (Lipinski definition) is 2. The van der Waals surface area contributed by atoms with E-state index in [4.69, 9.17) is 5.11 Å².